The molecule has 2 aromatic heterocycles. The predicted octanol–water partition coefficient (Wildman–Crippen LogP) is 4.45. The summed E-state index contributed by atoms with van der Waals surface area (Å²) in [6, 6.07) is 4.79. The molecule has 27 heavy (non-hydrogen) atoms. The van der Waals surface area contributed by atoms with E-state index in [0.717, 1.165) is 21.3 Å². The van der Waals surface area contributed by atoms with Crippen LogP contribution in [-0.2, 0) is 11.2 Å². The third-order valence-electron chi connectivity index (χ3n) is 3.72. The molecule has 0 unspecified atom stereocenters. The normalized spacial score (nSPS) is 14.4. The number of rotatable bonds is 4. The van der Waals surface area contributed by atoms with E-state index in [1.54, 1.807) is 12.1 Å². The molecular formula is C17H13F2N3O3S2. The van der Waals surface area contributed by atoms with E-state index in [1.165, 1.54) is 35.7 Å². The van der Waals surface area contributed by atoms with Crippen molar-refractivity contribution in [2.75, 3.05) is 5.32 Å². The minimum Gasteiger partial charge on any atom is -0.395 e. The molecule has 6 nitrogen and oxygen atoms in total. The molecule has 10 heteroatoms. The number of hydrogen-bond donors (Lipinski definition) is 1. The van der Waals surface area contributed by atoms with Crippen molar-refractivity contribution in [3.63, 3.8) is 0 Å². The van der Waals surface area contributed by atoms with Crippen LogP contribution in [0.4, 0.5) is 13.9 Å². The number of anilines is 1. The quantitative estimate of drug-likeness (QED) is 0.689. The molecule has 1 aliphatic heterocycles. The molecule has 1 amide bonds. The van der Waals surface area contributed by atoms with E-state index in [0.29, 0.717) is 17.1 Å². The summed E-state index contributed by atoms with van der Waals surface area (Å²) in [6.07, 6.45) is -3.31. The molecule has 0 radical (unpaired) electrons. The van der Waals surface area contributed by atoms with Crippen LogP contribution in [0.3, 0.4) is 0 Å². The van der Waals surface area contributed by atoms with E-state index in [9.17, 15) is 13.6 Å². The number of halogens is 2. The van der Waals surface area contributed by atoms with Crippen LogP contribution < -0.4 is 14.8 Å². The van der Waals surface area contributed by atoms with Gasteiger partial charge in [0.05, 0.1) is 21.3 Å². The highest BCUT2D eigenvalue weighted by Crippen LogP contribution is 2.44. The molecule has 1 N–H and O–H groups in total. The molecule has 0 saturated carbocycles. The Morgan fingerprint density at radius 1 is 1.30 bits per heavy atom. The van der Waals surface area contributed by atoms with E-state index in [2.05, 4.69) is 24.8 Å². The fourth-order valence-corrected chi connectivity index (χ4v) is 4.52. The van der Waals surface area contributed by atoms with Crippen molar-refractivity contribution >= 4 is 33.7 Å². The molecule has 3 aromatic rings. The fourth-order valence-electron chi connectivity index (χ4n) is 2.66. The number of thiazole rings is 2. The number of benzene rings is 1. The number of amides is 1. The van der Waals surface area contributed by atoms with Crippen LogP contribution in [0.25, 0.3) is 10.6 Å². The van der Waals surface area contributed by atoms with E-state index in [4.69, 9.17) is 0 Å². The lowest BCUT2D eigenvalue weighted by Gasteiger charge is -2.06. The van der Waals surface area contributed by atoms with Gasteiger partial charge in [0, 0.05) is 24.3 Å². The highest BCUT2D eigenvalue weighted by molar-refractivity contribution is 7.19. The van der Waals surface area contributed by atoms with Crippen molar-refractivity contribution in [3.8, 4) is 22.1 Å². The second-order valence-corrected chi connectivity index (χ2v) is 7.77. The molecule has 0 atom stereocenters. The van der Waals surface area contributed by atoms with Crippen LogP contribution >= 0.6 is 22.7 Å². The van der Waals surface area contributed by atoms with Gasteiger partial charge in [0.15, 0.2) is 16.6 Å². The van der Waals surface area contributed by atoms with Crippen molar-refractivity contribution in [1.82, 2.24) is 9.97 Å². The van der Waals surface area contributed by atoms with Gasteiger partial charge < -0.3 is 14.8 Å². The van der Waals surface area contributed by atoms with Crippen LogP contribution in [0.15, 0.2) is 23.6 Å². The smallest absolute Gasteiger partial charge is 0.395 e. The summed E-state index contributed by atoms with van der Waals surface area (Å²) in [7, 11) is 0. The summed E-state index contributed by atoms with van der Waals surface area (Å²) in [5.74, 6) is -0.125. The summed E-state index contributed by atoms with van der Waals surface area (Å²) in [5, 5.41) is 5.79. The van der Waals surface area contributed by atoms with Crippen LogP contribution in [0, 0.1) is 6.92 Å². The summed E-state index contributed by atoms with van der Waals surface area (Å²) in [6.45, 7) is 3.26. The van der Waals surface area contributed by atoms with Crippen LogP contribution in [0.5, 0.6) is 11.5 Å². The van der Waals surface area contributed by atoms with Gasteiger partial charge >= 0.3 is 6.29 Å². The van der Waals surface area contributed by atoms with Crippen molar-refractivity contribution in [2.24, 2.45) is 0 Å². The highest BCUT2D eigenvalue weighted by atomic mass is 32.1. The molecule has 4 rings (SSSR count). The zero-order valence-electron chi connectivity index (χ0n) is 14.2. The number of nitrogens with zero attached hydrogens (tertiary/aromatic N) is 2. The lowest BCUT2D eigenvalue weighted by atomic mass is 10.1. The topological polar surface area (TPSA) is 73.3 Å². The molecule has 3 heterocycles. The van der Waals surface area contributed by atoms with Gasteiger partial charge in [-0.1, -0.05) is 23.5 Å². The monoisotopic (exact) mass is 409 g/mol. The Labute approximate surface area is 160 Å². The minimum absolute atomic E-state index is 0.0209. The van der Waals surface area contributed by atoms with Crippen molar-refractivity contribution in [1.29, 1.82) is 0 Å². The molecule has 0 aliphatic carbocycles. The van der Waals surface area contributed by atoms with E-state index in [-0.39, 0.29) is 17.4 Å². The Morgan fingerprint density at radius 3 is 2.89 bits per heavy atom. The Morgan fingerprint density at radius 2 is 2.11 bits per heavy atom. The van der Waals surface area contributed by atoms with Crippen molar-refractivity contribution in [2.45, 2.75) is 26.6 Å². The van der Waals surface area contributed by atoms with Crippen LogP contribution in [0.2, 0.25) is 0 Å². The molecular weight excluding hydrogens is 396 g/mol. The van der Waals surface area contributed by atoms with E-state index < -0.39 is 6.29 Å². The second kappa shape index (κ2) is 6.54. The average Bonchev–Trinajstić information content (AvgIpc) is 3.23. The Kier molecular flexibility index (Phi) is 4.31. The molecule has 0 fully saturated rings. The molecule has 1 aliphatic rings. The molecule has 0 spiro atoms. The third-order valence-corrected chi connectivity index (χ3v) is 5.66. The predicted molar refractivity (Wildman–Crippen MR) is 97.7 cm³/mol. The number of aromatic nitrogens is 2. The number of hydrogen-bond acceptors (Lipinski definition) is 7. The second-order valence-electron chi connectivity index (χ2n) is 5.83. The SMILES string of the molecule is CC(=O)Nc1nc(C)c(-c2csc(Cc3cccc4c3OC(F)(F)O4)n2)s1. The Bertz CT molecular complexity index is 1030. The van der Waals surface area contributed by atoms with Gasteiger partial charge in [-0.05, 0) is 13.0 Å². The standard InChI is InChI=1S/C17H13F2N3O3S2/c1-8-15(27-16(20-8)21-9(2)23)11-7-26-13(22-11)6-10-4-3-5-12-14(10)25-17(18,19)24-12/h3-5,7H,6H2,1-2H3,(H,20,21,23). The average molecular weight is 409 g/mol. The number of carbonyl (C=O) groups is 1. The first-order chi connectivity index (χ1) is 12.8. The summed E-state index contributed by atoms with van der Waals surface area (Å²) < 4.78 is 35.8. The first-order valence-corrected chi connectivity index (χ1v) is 9.58. The zero-order valence-corrected chi connectivity index (χ0v) is 15.8. The summed E-state index contributed by atoms with van der Waals surface area (Å²) >= 11 is 2.75. The van der Waals surface area contributed by atoms with Gasteiger partial charge in [-0.15, -0.1) is 20.1 Å². The summed E-state index contributed by atoms with van der Waals surface area (Å²) in [5.41, 5.74) is 2.07. The van der Waals surface area contributed by atoms with Crippen LogP contribution in [0.1, 0.15) is 23.2 Å². The maximum atomic E-state index is 13.3. The first-order valence-electron chi connectivity index (χ1n) is 7.88. The minimum atomic E-state index is -3.65. The number of carbonyl (C=O) groups excluding carboxylic acids is 1. The first kappa shape index (κ1) is 17.8. The van der Waals surface area contributed by atoms with E-state index in [1.807, 2.05) is 12.3 Å². The summed E-state index contributed by atoms with van der Waals surface area (Å²) in [4.78, 5) is 20.9. The third kappa shape index (κ3) is 3.62. The number of aryl methyl sites for hydroxylation is 1. The Hall–Kier alpha value is -2.59. The fraction of sp³-hybridized carbons (Fsp3) is 0.235. The lowest BCUT2D eigenvalue weighted by Crippen LogP contribution is -2.26. The lowest BCUT2D eigenvalue weighted by molar-refractivity contribution is -0.286. The van der Waals surface area contributed by atoms with Crippen LogP contribution in [-0.4, -0.2) is 22.2 Å². The number of fused-ring (bicyclic) bond motifs is 1. The number of nitrogens with one attached hydrogen (secondary N) is 1. The highest BCUT2D eigenvalue weighted by Gasteiger charge is 2.44. The van der Waals surface area contributed by atoms with Gasteiger partial charge in [0.1, 0.15) is 0 Å². The largest absolute Gasteiger partial charge is 0.586 e. The van der Waals surface area contributed by atoms with Gasteiger partial charge in [-0.3, -0.25) is 4.79 Å². The molecule has 140 valence electrons. The number of para-hydroxylation sites is 1. The van der Waals surface area contributed by atoms with Crippen molar-refractivity contribution < 1.29 is 23.0 Å². The van der Waals surface area contributed by atoms with Gasteiger partial charge in [-0.25, -0.2) is 9.97 Å². The number of ether oxygens (including phenoxy) is 2. The molecule has 0 bridgehead atoms. The van der Waals surface area contributed by atoms with Gasteiger partial charge in [-0.2, -0.15) is 0 Å². The van der Waals surface area contributed by atoms with E-state index >= 15 is 0 Å². The van der Waals surface area contributed by atoms with Gasteiger partial charge in [0.2, 0.25) is 5.91 Å². The molecule has 1 aromatic carbocycles. The zero-order chi connectivity index (χ0) is 19.2. The Balaban J connectivity index is 1.58. The number of alkyl halides is 2. The maximum Gasteiger partial charge on any atom is 0.586 e. The molecule has 0 saturated heterocycles. The van der Waals surface area contributed by atoms with Gasteiger partial charge in [0.25, 0.3) is 0 Å². The van der Waals surface area contributed by atoms with Crippen molar-refractivity contribution in [3.05, 3.63) is 39.8 Å². The maximum absolute atomic E-state index is 13.3.